The van der Waals surface area contributed by atoms with Crippen LogP contribution < -0.4 is 10.6 Å². The molecule has 0 aromatic heterocycles. The summed E-state index contributed by atoms with van der Waals surface area (Å²) in [5, 5.41) is 5.55. The van der Waals surface area contributed by atoms with Crippen LogP contribution in [-0.4, -0.2) is 60.1 Å². The van der Waals surface area contributed by atoms with Gasteiger partial charge in [-0.15, -0.1) is 0 Å². The summed E-state index contributed by atoms with van der Waals surface area (Å²) >= 11 is 0. The highest BCUT2D eigenvalue weighted by Crippen LogP contribution is 2.24. The molecular weight excluding hydrogens is 510 g/mol. The van der Waals surface area contributed by atoms with E-state index < -0.39 is 41.6 Å². The zero-order valence-corrected chi connectivity index (χ0v) is 24.3. The first-order chi connectivity index (χ1) is 19.1. The van der Waals surface area contributed by atoms with Crippen LogP contribution in [0.25, 0.3) is 0 Å². The summed E-state index contributed by atoms with van der Waals surface area (Å²) < 4.78 is 10.4. The zero-order valence-electron chi connectivity index (χ0n) is 24.3. The maximum absolute atomic E-state index is 14.2. The van der Waals surface area contributed by atoms with Crippen molar-refractivity contribution in [1.82, 2.24) is 15.5 Å². The third-order valence-electron chi connectivity index (χ3n) is 5.92. The quantitative estimate of drug-likeness (QED) is 0.332. The highest BCUT2D eigenvalue weighted by molar-refractivity contribution is 5.92. The predicted molar refractivity (Wildman–Crippen MR) is 153 cm³/mol. The van der Waals surface area contributed by atoms with Crippen molar-refractivity contribution >= 4 is 23.9 Å². The Labute approximate surface area is 237 Å². The van der Waals surface area contributed by atoms with Crippen LogP contribution in [0.15, 0.2) is 60.7 Å². The first-order valence-corrected chi connectivity index (χ1v) is 13.9. The number of ether oxygens (including phenoxy) is 2. The van der Waals surface area contributed by atoms with Crippen LogP contribution in [0, 0.1) is 0 Å². The van der Waals surface area contributed by atoms with Crippen LogP contribution >= 0.6 is 0 Å². The molecule has 0 radical (unpaired) electrons. The van der Waals surface area contributed by atoms with E-state index >= 15 is 0 Å². The third-order valence-corrected chi connectivity index (χ3v) is 5.92. The van der Waals surface area contributed by atoms with E-state index in [1.54, 1.807) is 52.0 Å². The molecule has 0 aliphatic rings. The number of amides is 3. The van der Waals surface area contributed by atoms with Crippen molar-refractivity contribution in [1.29, 1.82) is 0 Å². The fraction of sp³-hybridized carbons (Fsp3) is 0.484. The lowest BCUT2D eigenvalue weighted by atomic mass is 10.00. The van der Waals surface area contributed by atoms with Crippen molar-refractivity contribution in [3.8, 4) is 0 Å². The Morgan fingerprint density at radius 2 is 1.55 bits per heavy atom. The fourth-order valence-corrected chi connectivity index (χ4v) is 4.12. The van der Waals surface area contributed by atoms with Gasteiger partial charge in [0.1, 0.15) is 17.7 Å². The van der Waals surface area contributed by atoms with Gasteiger partial charge in [0, 0.05) is 19.5 Å². The molecule has 0 saturated heterocycles. The number of rotatable bonds is 14. The number of carbonyl (C=O) groups excluding carboxylic acids is 4. The summed E-state index contributed by atoms with van der Waals surface area (Å²) in [7, 11) is 0. The molecule has 9 nitrogen and oxygen atoms in total. The Hall–Kier alpha value is -3.88. The molecule has 2 rings (SSSR count). The number of nitrogens with one attached hydrogen (secondary N) is 2. The maximum atomic E-state index is 14.2. The zero-order chi connectivity index (χ0) is 29.5. The molecule has 218 valence electrons. The predicted octanol–water partition coefficient (Wildman–Crippen LogP) is 4.56. The van der Waals surface area contributed by atoms with Crippen LogP contribution in [0.5, 0.6) is 0 Å². The minimum atomic E-state index is -0.979. The Morgan fingerprint density at radius 1 is 0.925 bits per heavy atom. The van der Waals surface area contributed by atoms with Crippen molar-refractivity contribution in [2.24, 2.45) is 0 Å². The summed E-state index contributed by atoms with van der Waals surface area (Å²) in [6.07, 6.45) is 0.954. The lowest BCUT2D eigenvalue weighted by Gasteiger charge is -2.34. The average Bonchev–Trinajstić information content (AvgIpc) is 2.90. The molecular formula is C31H43N3O6. The molecule has 0 saturated carbocycles. The summed E-state index contributed by atoms with van der Waals surface area (Å²) in [4.78, 5) is 54.0. The topological polar surface area (TPSA) is 114 Å². The number of hydrogen-bond donors (Lipinski definition) is 2. The van der Waals surface area contributed by atoms with E-state index in [1.165, 1.54) is 4.90 Å². The van der Waals surface area contributed by atoms with E-state index in [9.17, 15) is 19.2 Å². The summed E-state index contributed by atoms with van der Waals surface area (Å²) in [5.74, 6) is -1.24. The Morgan fingerprint density at radius 3 is 2.12 bits per heavy atom. The fourth-order valence-electron chi connectivity index (χ4n) is 4.12. The van der Waals surface area contributed by atoms with Crippen molar-refractivity contribution in [3.05, 3.63) is 71.8 Å². The van der Waals surface area contributed by atoms with Crippen molar-refractivity contribution < 1.29 is 28.7 Å². The second-order valence-electron chi connectivity index (χ2n) is 10.4. The number of alkyl carbamates (subject to hydrolysis) is 1. The third kappa shape index (κ3) is 11.1. The van der Waals surface area contributed by atoms with Gasteiger partial charge >= 0.3 is 12.1 Å². The van der Waals surface area contributed by atoms with Gasteiger partial charge in [-0.2, -0.15) is 0 Å². The van der Waals surface area contributed by atoms with Crippen LogP contribution in [0.2, 0.25) is 0 Å². The lowest BCUT2D eigenvalue weighted by Crippen LogP contribution is -2.54. The van der Waals surface area contributed by atoms with E-state index in [0.717, 1.165) is 12.0 Å². The second-order valence-corrected chi connectivity index (χ2v) is 10.4. The summed E-state index contributed by atoms with van der Waals surface area (Å²) in [6, 6.07) is 16.4. The highest BCUT2D eigenvalue weighted by atomic mass is 16.6. The van der Waals surface area contributed by atoms with Crippen molar-refractivity contribution in [3.63, 3.8) is 0 Å². The molecule has 0 bridgehead atoms. The smallest absolute Gasteiger partial charge is 0.408 e. The number of benzene rings is 2. The van der Waals surface area contributed by atoms with Crippen LogP contribution in [0.1, 0.15) is 71.0 Å². The monoisotopic (exact) mass is 553 g/mol. The van der Waals surface area contributed by atoms with Gasteiger partial charge < -0.3 is 25.0 Å². The molecule has 0 aliphatic carbocycles. The normalized spacial score (nSPS) is 12.5. The number of carbonyl (C=O) groups is 4. The van der Waals surface area contributed by atoms with Crippen molar-refractivity contribution in [2.45, 2.75) is 78.0 Å². The van der Waals surface area contributed by atoms with E-state index in [0.29, 0.717) is 18.5 Å². The molecule has 0 heterocycles. The highest BCUT2D eigenvalue weighted by Gasteiger charge is 2.36. The SMILES string of the molecule is CCCCN(C(=O)C(Cc1ccccc1)NC(=O)OC(C)(C)C)C(C(=O)NCCC(=O)OCC)c1ccccc1. The Kier molecular flexibility index (Phi) is 13.2. The van der Waals surface area contributed by atoms with Gasteiger partial charge in [-0.05, 0) is 45.2 Å². The van der Waals surface area contributed by atoms with Gasteiger partial charge in [0.05, 0.1) is 13.0 Å². The van der Waals surface area contributed by atoms with E-state index in [1.807, 2.05) is 43.3 Å². The molecule has 9 heteroatoms. The molecule has 2 atom stereocenters. The largest absolute Gasteiger partial charge is 0.466 e. The van der Waals surface area contributed by atoms with E-state index in [-0.39, 0.29) is 26.0 Å². The number of hydrogen-bond acceptors (Lipinski definition) is 6. The first-order valence-electron chi connectivity index (χ1n) is 13.9. The lowest BCUT2D eigenvalue weighted by molar-refractivity contribution is -0.144. The molecule has 40 heavy (non-hydrogen) atoms. The van der Waals surface area contributed by atoms with Crippen LogP contribution in [0.3, 0.4) is 0 Å². The van der Waals surface area contributed by atoms with Crippen LogP contribution in [-0.2, 0) is 30.3 Å². The Bertz CT molecular complexity index is 1090. The summed E-state index contributed by atoms with van der Waals surface area (Å²) in [5.41, 5.74) is 0.719. The molecule has 0 aliphatic heterocycles. The van der Waals surface area contributed by atoms with E-state index in [2.05, 4.69) is 10.6 Å². The van der Waals surface area contributed by atoms with Gasteiger partial charge in [-0.1, -0.05) is 74.0 Å². The molecule has 0 fully saturated rings. The molecule has 2 aromatic rings. The molecule has 0 spiro atoms. The van der Waals surface area contributed by atoms with Crippen LogP contribution in [0.4, 0.5) is 4.79 Å². The minimum absolute atomic E-state index is 0.0147. The standard InChI is InChI=1S/C31H43N3O6/c1-6-8-21-34(27(24-17-13-10-14-18-24)28(36)32-20-19-26(35)39-7-2)29(37)25(22-23-15-11-9-12-16-23)33-30(38)40-31(3,4)5/h9-18,25,27H,6-8,19-22H2,1-5H3,(H,32,36)(H,33,38). The number of esters is 1. The molecule has 2 N–H and O–H groups in total. The first kappa shape index (κ1) is 32.3. The average molecular weight is 554 g/mol. The minimum Gasteiger partial charge on any atom is -0.466 e. The van der Waals surface area contributed by atoms with Gasteiger partial charge in [-0.25, -0.2) is 4.79 Å². The summed E-state index contributed by atoms with van der Waals surface area (Å²) in [6.45, 7) is 9.59. The number of nitrogens with zero attached hydrogens (tertiary/aromatic N) is 1. The Balaban J connectivity index is 2.43. The molecule has 2 aromatic carbocycles. The van der Waals surface area contributed by atoms with Gasteiger partial charge in [0.2, 0.25) is 11.8 Å². The second kappa shape index (κ2) is 16.3. The van der Waals surface area contributed by atoms with Crippen molar-refractivity contribution in [2.75, 3.05) is 19.7 Å². The molecule has 3 amide bonds. The van der Waals surface area contributed by atoms with Gasteiger partial charge in [-0.3, -0.25) is 14.4 Å². The van der Waals surface area contributed by atoms with Gasteiger partial charge in [0.25, 0.3) is 0 Å². The molecule has 2 unspecified atom stereocenters. The maximum Gasteiger partial charge on any atom is 0.408 e. The van der Waals surface area contributed by atoms with E-state index in [4.69, 9.17) is 9.47 Å². The number of unbranched alkanes of at least 4 members (excludes halogenated alkanes) is 1. The van der Waals surface area contributed by atoms with Gasteiger partial charge in [0.15, 0.2) is 0 Å².